The van der Waals surface area contributed by atoms with Gasteiger partial charge >= 0.3 is 0 Å². The van der Waals surface area contributed by atoms with Crippen molar-refractivity contribution in [1.82, 2.24) is 5.32 Å². The summed E-state index contributed by atoms with van der Waals surface area (Å²) in [5.41, 5.74) is 2.83. The lowest BCUT2D eigenvalue weighted by Gasteiger charge is -2.28. The number of benzene rings is 1. The predicted molar refractivity (Wildman–Crippen MR) is 90.0 cm³/mol. The smallest absolute Gasteiger partial charge is 0.123 e. The van der Waals surface area contributed by atoms with Gasteiger partial charge in [-0.05, 0) is 49.4 Å². The second-order valence-electron chi connectivity index (χ2n) is 6.37. The second-order valence-corrected chi connectivity index (χ2v) is 6.37. The van der Waals surface area contributed by atoms with Crippen LogP contribution >= 0.6 is 0 Å². The van der Waals surface area contributed by atoms with E-state index in [9.17, 15) is 0 Å². The molecule has 0 aromatic heterocycles. The van der Waals surface area contributed by atoms with Crippen LogP contribution in [0.15, 0.2) is 18.2 Å². The van der Waals surface area contributed by atoms with E-state index in [1.54, 1.807) is 0 Å². The summed E-state index contributed by atoms with van der Waals surface area (Å²) >= 11 is 0. The van der Waals surface area contributed by atoms with Gasteiger partial charge in [0, 0.05) is 12.5 Å². The first-order valence-corrected chi connectivity index (χ1v) is 8.72. The molecular formula is C19H31NO. The van der Waals surface area contributed by atoms with Crippen molar-refractivity contribution in [1.29, 1.82) is 0 Å². The maximum Gasteiger partial charge on any atom is 0.123 e. The maximum atomic E-state index is 5.84. The zero-order chi connectivity index (χ0) is 15.2. The fourth-order valence-electron chi connectivity index (χ4n) is 3.63. The van der Waals surface area contributed by atoms with E-state index in [1.165, 1.54) is 36.8 Å². The number of ether oxygens (including phenoxy) is 1. The van der Waals surface area contributed by atoms with Crippen LogP contribution in [0.4, 0.5) is 0 Å². The third-order valence-corrected chi connectivity index (χ3v) is 4.49. The highest BCUT2D eigenvalue weighted by molar-refractivity contribution is 5.41. The molecule has 0 radical (unpaired) electrons. The summed E-state index contributed by atoms with van der Waals surface area (Å²) in [5.74, 6) is 1.82. The Kier molecular flexibility index (Phi) is 6.10. The van der Waals surface area contributed by atoms with E-state index < -0.39 is 0 Å². The van der Waals surface area contributed by atoms with Crippen LogP contribution in [0.25, 0.3) is 0 Å². The minimum atomic E-state index is 0.329. The molecule has 1 aliphatic heterocycles. The van der Waals surface area contributed by atoms with Crippen molar-refractivity contribution in [3.63, 3.8) is 0 Å². The monoisotopic (exact) mass is 289 g/mol. The summed E-state index contributed by atoms with van der Waals surface area (Å²) in [6.45, 7) is 9.98. The number of rotatable bonds is 8. The highest BCUT2D eigenvalue weighted by Gasteiger charge is 2.24. The second kappa shape index (κ2) is 7.84. The Morgan fingerprint density at radius 1 is 1.19 bits per heavy atom. The average Bonchev–Trinajstić information content (AvgIpc) is 2.83. The van der Waals surface area contributed by atoms with Crippen molar-refractivity contribution in [3.05, 3.63) is 29.3 Å². The van der Waals surface area contributed by atoms with Crippen LogP contribution in [0.1, 0.15) is 70.5 Å². The highest BCUT2D eigenvalue weighted by Crippen LogP contribution is 2.35. The van der Waals surface area contributed by atoms with Gasteiger partial charge < -0.3 is 10.1 Å². The maximum absolute atomic E-state index is 5.84. The Morgan fingerprint density at radius 3 is 2.52 bits per heavy atom. The Morgan fingerprint density at radius 2 is 1.90 bits per heavy atom. The lowest BCUT2D eigenvalue weighted by molar-refractivity contribution is 0.254. The molecule has 0 saturated heterocycles. The van der Waals surface area contributed by atoms with E-state index in [-0.39, 0.29) is 0 Å². The first-order valence-electron chi connectivity index (χ1n) is 8.72. The molecule has 0 amide bonds. The van der Waals surface area contributed by atoms with Crippen LogP contribution in [0.3, 0.4) is 0 Å². The van der Waals surface area contributed by atoms with Gasteiger partial charge in [-0.15, -0.1) is 0 Å². The van der Waals surface area contributed by atoms with E-state index in [0.29, 0.717) is 12.1 Å². The van der Waals surface area contributed by atoms with Crippen molar-refractivity contribution in [2.75, 3.05) is 6.54 Å². The van der Waals surface area contributed by atoms with Gasteiger partial charge in [0.15, 0.2) is 0 Å². The van der Waals surface area contributed by atoms with Crippen molar-refractivity contribution in [2.45, 2.75) is 71.9 Å². The molecule has 118 valence electrons. The molecule has 2 unspecified atom stereocenters. The molecule has 1 aromatic rings. The zero-order valence-corrected chi connectivity index (χ0v) is 14.1. The van der Waals surface area contributed by atoms with E-state index in [1.807, 2.05) is 0 Å². The first kappa shape index (κ1) is 16.4. The molecule has 2 rings (SSSR count). The molecule has 0 fully saturated rings. The lowest BCUT2D eigenvalue weighted by Crippen LogP contribution is -2.28. The molecule has 21 heavy (non-hydrogen) atoms. The van der Waals surface area contributed by atoms with Crippen LogP contribution in [0.2, 0.25) is 0 Å². The molecule has 1 N–H and O–H groups in total. The molecular weight excluding hydrogens is 258 g/mol. The predicted octanol–water partition coefficient (Wildman–Crippen LogP) is 4.88. The van der Waals surface area contributed by atoms with Gasteiger partial charge in [-0.25, -0.2) is 0 Å². The van der Waals surface area contributed by atoms with Crippen molar-refractivity contribution in [3.8, 4) is 5.75 Å². The normalized spacial score (nSPS) is 18.6. The van der Waals surface area contributed by atoms with E-state index in [2.05, 4.69) is 51.2 Å². The fraction of sp³-hybridized carbons (Fsp3) is 0.684. The fourth-order valence-corrected chi connectivity index (χ4v) is 3.63. The Balaban J connectivity index is 2.23. The van der Waals surface area contributed by atoms with Crippen LogP contribution < -0.4 is 10.1 Å². The number of hydrogen-bond donors (Lipinski definition) is 1. The Bertz CT molecular complexity index is 437. The van der Waals surface area contributed by atoms with Crippen LogP contribution in [0.5, 0.6) is 5.75 Å². The molecule has 1 aromatic carbocycles. The van der Waals surface area contributed by atoms with Gasteiger partial charge in [-0.3, -0.25) is 0 Å². The van der Waals surface area contributed by atoms with Gasteiger partial charge in [0.2, 0.25) is 0 Å². The summed E-state index contributed by atoms with van der Waals surface area (Å²) < 4.78 is 5.84. The minimum absolute atomic E-state index is 0.329. The molecule has 0 aliphatic carbocycles. The SMILES string of the molecule is CCCC(CCC)C(NCC)c1ccc2c(c1)CC(C)O2. The third kappa shape index (κ3) is 4.00. The molecule has 0 saturated carbocycles. The van der Waals surface area contributed by atoms with Gasteiger partial charge in [0.05, 0.1) is 0 Å². The molecule has 0 spiro atoms. The van der Waals surface area contributed by atoms with E-state index in [4.69, 9.17) is 4.74 Å². The largest absolute Gasteiger partial charge is 0.490 e. The zero-order valence-electron chi connectivity index (χ0n) is 14.1. The van der Waals surface area contributed by atoms with Gasteiger partial charge in [0.25, 0.3) is 0 Å². The number of fused-ring (bicyclic) bond motifs is 1. The number of nitrogens with one attached hydrogen (secondary N) is 1. The summed E-state index contributed by atoms with van der Waals surface area (Å²) in [4.78, 5) is 0. The number of hydrogen-bond acceptors (Lipinski definition) is 2. The summed E-state index contributed by atoms with van der Waals surface area (Å²) in [7, 11) is 0. The quantitative estimate of drug-likeness (QED) is 0.736. The molecule has 2 nitrogen and oxygen atoms in total. The molecule has 1 aliphatic rings. The summed E-state index contributed by atoms with van der Waals surface area (Å²) in [6.07, 6.45) is 6.50. The third-order valence-electron chi connectivity index (χ3n) is 4.49. The standard InChI is InChI=1S/C19H31NO/c1-5-8-15(9-6-2)19(20-7-3)16-10-11-18-17(13-16)12-14(4)21-18/h10-11,13-15,19-20H,5-9,12H2,1-4H3. The van der Waals surface area contributed by atoms with Crippen molar-refractivity contribution < 1.29 is 4.74 Å². The Labute approximate surface area is 130 Å². The van der Waals surface area contributed by atoms with E-state index >= 15 is 0 Å². The van der Waals surface area contributed by atoms with Crippen molar-refractivity contribution in [2.24, 2.45) is 5.92 Å². The van der Waals surface area contributed by atoms with Crippen LogP contribution in [-0.2, 0) is 6.42 Å². The summed E-state index contributed by atoms with van der Waals surface area (Å²) in [6, 6.07) is 7.30. The topological polar surface area (TPSA) is 21.3 Å². The highest BCUT2D eigenvalue weighted by atomic mass is 16.5. The van der Waals surface area contributed by atoms with Crippen LogP contribution in [-0.4, -0.2) is 12.6 Å². The average molecular weight is 289 g/mol. The van der Waals surface area contributed by atoms with E-state index in [0.717, 1.165) is 24.6 Å². The van der Waals surface area contributed by atoms with Gasteiger partial charge in [-0.2, -0.15) is 0 Å². The molecule has 0 bridgehead atoms. The van der Waals surface area contributed by atoms with Crippen molar-refractivity contribution >= 4 is 0 Å². The molecule has 2 heteroatoms. The van der Waals surface area contributed by atoms with Crippen LogP contribution in [0, 0.1) is 5.92 Å². The first-order chi connectivity index (χ1) is 10.2. The van der Waals surface area contributed by atoms with Gasteiger partial charge in [0.1, 0.15) is 11.9 Å². The molecule has 1 heterocycles. The summed E-state index contributed by atoms with van der Waals surface area (Å²) in [5, 5.41) is 3.73. The molecule has 2 atom stereocenters. The lowest BCUT2D eigenvalue weighted by atomic mass is 9.85. The van der Waals surface area contributed by atoms with Gasteiger partial charge in [-0.1, -0.05) is 45.7 Å². The Hall–Kier alpha value is -1.02. The minimum Gasteiger partial charge on any atom is -0.490 e.